The number of alkyl halides is 3. The number of amides is 1. The molecule has 2 rings (SSSR count). The Hall–Kier alpha value is -2.29. The molecule has 0 aliphatic carbocycles. The highest BCUT2D eigenvalue weighted by atomic mass is 32.2. The van der Waals surface area contributed by atoms with Crippen LogP contribution in [0.25, 0.3) is 0 Å². The van der Waals surface area contributed by atoms with Gasteiger partial charge in [-0.3, -0.25) is 9.52 Å². The minimum absolute atomic E-state index is 0.422. The minimum Gasteiger partial charge on any atom is -0.274 e. The van der Waals surface area contributed by atoms with E-state index in [-0.39, 0.29) is 0 Å². The number of rotatable bonds is 3. The molecule has 1 N–H and O–H groups in total. The molecule has 1 aliphatic heterocycles. The standard InChI is InChI=1S/C12H8F3N2O3S/c13-12(14,15)8-4-1-2-6-10(8)21(19,20)17-9-5-3-7-16-11(9)18/h1-7,17H. The van der Waals surface area contributed by atoms with Gasteiger partial charge in [0, 0.05) is 6.20 Å². The highest BCUT2D eigenvalue weighted by Crippen LogP contribution is 2.34. The van der Waals surface area contributed by atoms with Gasteiger partial charge in [0.25, 0.3) is 15.9 Å². The molecule has 1 aromatic rings. The quantitative estimate of drug-likeness (QED) is 0.918. The lowest BCUT2D eigenvalue weighted by molar-refractivity contribution is -0.139. The van der Waals surface area contributed by atoms with Gasteiger partial charge in [-0.05, 0) is 24.3 Å². The predicted molar refractivity (Wildman–Crippen MR) is 66.1 cm³/mol. The van der Waals surface area contributed by atoms with Crippen molar-refractivity contribution in [2.75, 3.05) is 0 Å². The number of nitrogens with one attached hydrogen (secondary N) is 1. The minimum atomic E-state index is -4.83. The van der Waals surface area contributed by atoms with Crippen LogP contribution in [0.15, 0.2) is 53.2 Å². The van der Waals surface area contributed by atoms with Gasteiger partial charge in [-0.2, -0.15) is 13.2 Å². The van der Waals surface area contributed by atoms with Crippen molar-refractivity contribution in [3.63, 3.8) is 0 Å². The normalized spacial score (nSPS) is 15.4. The van der Waals surface area contributed by atoms with Crippen LogP contribution in [0, 0.1) is 0 Å². The van der Waals surface area contributed by atoms with Crippen molar-refractivity contribution in [3.05, 3.63) is 53.9 Å². The van der Waals surface area contributed by atoms with Gasteiger partial charge < -0.3 is 0 Å². The monoisotopic (exact) mass is 317 g/mol. The van der Waals surface area contributed by atoms with Crippen LogP contribution < -0.4 is 10.0 Å². The molecule has 1 radical (unpaired) electrons. The average molecular weight is 317 g/mol. The van der Waals surface area contributed by atoms with Crippen molar-refractivity contribution in [2.45, 2.75) is 11.1 Å². The fourth-order valence-corrected chi connectivity index (χ4v) is 2.89. The van der Waals surface area contributed by atoms with Crippen LogP contribution in [0.4, 0.5) is 13.2 Å². The van der Waals surface area contributed by atoms with Crippen LogP contribution in [0.5, 0.6) is 0 Å². The number of halogens is 3. The number of hydrogen-bond acceptors (Lipinski definition) is 3. The first-order valence-electron chi connectivity index (χ1n) is 5.53. The molecular weight excluding hydrogens is 309 g/mol. The van der Waals surface area contributed by atoms with E-state index in [9.17, 15) is 26.4 Å². The van der Waals surface area contributed by atoms with Crippen molar-refractivity contribution >= 4 is 15.9 Å². The number of allylic oxidation sites excluding steroid dienone is 2. The first kappa shape index (κ1) is 15.1. The van der Waals surface area contributed by atoms with E-state index in [1.807, 2.05) is 4.72 Å². The van der Waals surface area contributed by atoms with Crippen LogP contribution in [0.3, 0.4) is 0 Å². The first-order valence-corrected chi connectivity index (χ1v) is 7.01. The summed E-state index contributed by atoms with van der Waals surface area (Å²) in [6.07, 6.45) is -1.29. The summed E-state index contributed by atoms with van der Waals surface area (Å²) in [5, 5.41) is 3.32. The first-order chi connectivity index (χ1) is 9.72. The summed E-state index contributed by atoms with van der Waals surface area (Å²) in [5.74, 6) is -0.884. The second-order valence-corrected chi connectivity index (χ2v) is 5.61. The Balaban J connectivity index is 2.44. The Kier molecular flexibility index (Phi) is 3.77. The smallest absolute Gasteiger partial charge is 0.274 e. The van der Waals surface area contributed by atoms with Crippen LogP contribution in [-0.4, -0.2) is 14.3 Å². The van der Waals surface area contributed by atoms with Gasteiger partial charge in [0.2, 0.25) is 0 Å². The molecule has 21 heavy (non-hydrogen) atoms. The lowest BCUT2D eigenvalue weighted by Gasteiger charge is -2.15. The van der Waals surface area contributed by atoms with E-state index in [0.717, 1.165) is 30.5 Å². The van der Waals surface area contributed by atoms with Gasteiger partial charge in [-0.15, -0.1) is 0 Å². The van der Waals surface area contributed by atoms with Crippen molar-refractivity contribution in [1.29, 1.82) is 0 Å². The predicted octanol–water partition coefficient (Wildman–Crippen LogP) is 1.53. The number of carbonyl (C=O) groups excluding carboxylic acids is 1. The van der Waals surface area contributed by atoms with Gasteiger partial charge in [-0.25, -0.2) is 13.7 Å². The van der Waals surface area contributed by atoms with Crippen molar-refractivity contribution < 1.29 is 26.4 Å². The van der Waals surface area contributed by atoms with E-state index in [4.69, 9.17) is 0 Å². The van der Waals surface area contributed by atoms with Gasteiger partial charge in [0.1, 0.15) is 5.70 Å². The lowest BCUT2D eigenvalue weighted by atomic mass is 10.2. The van der Waals surface area contributed by atoms with Gasteiger partial charge >= 0.3 is 6.18 Å². The second-order valence-electron chi connectivity index (χ2n) is 3.96. The number of nitrogens with zero attached hydrogens (tertiary/aromatic N) is 1. The molecule has 0 fully saturated rings. The third-order valence-corrected chi connectivity index (χ3v) is 3.92. The van der Waals surface area contributed by atoms with E-state index in [2.05, 4.69) is 5.32 Å². The summed E-state index contributed by atoms with van der Waals surface area (Å²) >= 11 is 0. The molecule has 0 saturated heterocycles. The number of carbonyl (C=O) groups is 1. The summed E-state index contributed by atoms with van der Waals surface area (Å²) in [7, 11) is -4.56. The summed E-state index contributed by atoms with van der Waals surface area (Å²) < 4.78 is 64.4. The summed E-state index contributed by atoms with van der Waals surface area (Å²) in [4.78, 5) is 10.4. The van der Waals surface area contributed by atoms with Gasteiger partial charge in [-0.1, -0.05) is 12.1 Å². The second kappa shape index (κ2) is 5.24. The SMILES string of the molecule is O=C1[N]C=CC=C1NS(=O)(=O)c1ccccc1C(F)(F)F. The zero-order valence-corrected chi connectivity index (χ0v) is 11.1. The maximum Gasteiger partial charge on any atom is 0.417 e. The molecule has 0 unspecified atom stereocenters. The van der Waals surface area contributed by atoms with E-state index in [1.165, 1.54) is 6.08 Å². The Morgan fingerprint density at radius 3 is 2.43 bits per heavy atom. The molecule has 1 aromatic carbocycles. The number of benzene rings is 1. The van der Waals surface area contributed by atoms with Crippen molar-refractivity contribution in [1.82, 2.24) is 10.0 Å². The van der Waals surface area contributed by atoms with Crippen LogP contribution >= 0.6 is 0 Å². The zero-order chi connectivity index (χ0) is 15.7. The van der Waals surface area contributed by atoms with Crippen LogP contribution in [-0.2, 0) is 21.0 Å². The number of hydrogen-bond donors (Lipinski definition) is 1. The van der Waals surface area contributed by atoms with E-state index in [0.29, 0.717) is 6.07 Å². The molecule has 5 nitrogen and oxygen atoms in total. The third kappa shape index (κ3) is 3.24. The van der Waals surface area contributed by atoms with Crippen molar-refractivity contribution in [3.8, 4) is 0 Å². The highest BCUT2D eigenvalue weighted by molar-refractivity contribution is 7.89. The van der Waals surface area contributed by atoms with Gasteiger partial charge in [0.05, 0.1) is 10.5 Å². The van der Waals surface area contributed by atoms with E-state index in [1.54, 1.807) is 0 Å². The van der Waals surface area contributed by atoms with Crippen LogP contribution in [0.1, 0.15) is 5.56 Å². The zero-order valence-electron chi connectivity index (χ0n) is 10.3. The molecule has 1 amide bonds. The summed E-state index contributed by atoms with van der Waals surface area (Å²) in [6, 6.07) is 3.69. The summed E-state index contributed by atoms with van der Waals surface area (Å²) in [5.41, 5.74) is -1.73. The Morgan fingerprint density at radius 2 is 1.81 bits per heavy atom. The lowest BCUT2D eigenvalue weighted by Crippen LogP contribution is -2.32. The van der Waals surface area contributed by atoms with E-state index >= 15 is 0 Å². The fraction of sp³-hybridized carbons (Fsp3) is 0.0833. The maximum absolute atomic E-state index is 12.8. The van der Waals surface area contributed by atoms with Crippen molar-refractivity contribution in [2.24, 2.45) is 0 Å². The fourth-order valence-electron chi connectivity index (χ4n) is 1.60. The molecule has 0 bridgehead atoms. The molecule has 111 valence electrons. The molecule has 9 heteroatoms. The third-order valence-electron chi connectivity index (χ3n) is 2.50. The Labute approximate surface area is 118 Å². The molecule has 0 spiro atoms. The molecule has 0 saturated carbocycles. The maximum atomic E-state index is 12.8. The highest BCUT2D eigenvalue weighted by Gasteiger charge is 2.37. The topological polar surface area (TPSA) is 77.3 Å². The molecule has 1 aliphatic rings. The average Bonchev–Trinajstić information content (AvgIpc) is 2.40. The van der Waals surface area contributed by atoms with Gasteiger partial charge in [0.15, 0.2) is 0 Å². The van der Waals surface area contributed by atoms with Crippen LogP contribution in [0.2, 0.25) is 0 Å². The largest absolute Gasteiger partial charge is 0.417 e. The summed E-state index contributed by atoms with van der Waals surface area (Å²) in [6.45, 7) is 0. The van der Waals surface area contributed by atoms with E-state index < -0.39 is 38.3 Å². The molecule has 0 atom stereocenters. The molecular formula is C12H8F3N2O3S. The Morgan fingerprint density at radius 1 is 1.14 bits per heavy atom. The number of sulfonamides is 1. The Bertz CT molecular complexity index is 736. The molecule has 0 aromatic heterocycles. The molecule has 1 heterocycles.